The van der Waals surface area contributed by atoms with Crippen LogP contribution in [0.2, 0.25) is 0 Å². The Morgan fingerprint density at radius 2 is 2.33 bits per heavy atom. The Labute approximate surface area is 95.8 Å². The van der Waals surface area contributed by atoms with Crippen molar-refractivity contribution in [3.8, 4) is 0 Å². The Morgan fingerprint density at radius 3 is 3.00 bits per heavy atom. The smallest absolute Gasteiger partial charge is 0.254 e. The molecule has 2 aromatic heterocycles. The van der Waals surface area contributed by atoms with E-state index in [0.29, 0.717) is 18.9 Å². The fraction of sp³-hybridized carbons (Fsp3) is 0.500. The van der Waals surface area contributed by atoms with Crippen LogP contribution in [0.3, 0.4) is 0 Å². The zero-order chi connectivity index (χ0) is 15.1. The van der Waals surface area contributed by atoms with Gasteiger partial charge in [-0.1, -0.05) is 0 Å². The van der Waals surface area contributed by atoms with Crippen molar-refractivity contribution in [1.82, 2.24) is 19.6 Å². The van der Waals surface area contributed by atoms with Crippen LogP contribution >= 0.6 is 0 Å². The number of fused-ring (bicyclic) bond motifs is 1. The largest absolute Gasteiger partial charge is 0.357 e. The van der Waals surface area contributed by atoms with Gasteiger partial charge in [0.05, 0.1) is 1.37 Å². The predicted molar refractivity (Wildman–Crippen MR) is 59.1 cm³/mol. The van der Waals surface area contributed by atoms with E-state index in [0.717, 1.165) is 0 Å². The van der Waals surface area contributed by atoms with Crippen LogP contribution in [-0.4, -0.2) is 32.7 Å². The highest BCUT2D eigenvalue weighted by atomic mass is 15.4. The molecule has 0 unspecified atom stereocenters. The summed E-state index contributed by atoms with van der Waals surface area (Å²) >= 11 is 0. The molecule has 0 aromatic carbocycles. The number of aryl methyl sites for hydroxylation is 1. The van der Waals surface area contributed by atoms with Gasteiger partial charge in [-0.2, -0.15) is 14.6 Å². The molecule has 0 spiro atoms. The molecular formula is C10H15N5. The SMILES string of the molecule is [2H]c1nc2nc(C([2H])([2H])[2H])c([2H])c(N(CC)CC)n2n1. The molecule has 0 saturated carbocycles. The topological polar surface area (TPSA) is 46.3 Å². The van der Waals surface area contributed by atoms with Gasteiger partial charge in [0.2, 0.25) is 0 Å². The summed E-state index contributed by atoms with van der Waals surface area (Å²) in [6.07, 6.45) is -0.256. The molecule has 0 fully saturated rings. The first-order chi connectivity index (χ1) is 9.29. The number of anilines is 1. The van der Waals surface area contributed by atoms with E-state index in [-0.39, 0.29) is 23.8 Å². The summed E-state index contributed by atoms with van der Waals surface area (Å²) in [5.41, 5.74) is -0.320. The minimum atomic E-state index is -2.51. The van der Waals surface area contributed by atoms with E-state index in [1.54, 1.807) is 4.90 Å². The van der Waals surface area contributed by atoms with Crippen LogP contribution in [0.1, 0.15) is 26.4 Å². The maximum Gasteiger partial charge on any atom is 0.254 e. The van der Waals surface area contributed by atoms with Gasteiger partial charge in [0.1, 0.15) is 13.5 Å². The van der Waals surface area contributed by atoms with Crippen molar-refractivity contribution in [2.45, 2.75) is 20.7 Å². The fourth-order valence-electron chi connectivity index (χ4n) is 1.44. The van der Waals surface area contributed by atoms with Gasteiger partial charge in [-0.25, -0.2) is 4.98 Å². The standard InChI is InChI=1S/C10H15N5/c1-4-14(5-2)9-6-8(3)13-10-11-7-12-15(9)10/h6-7H,4-5H2,1-3H3/i3D3,6D,7D. The Hall–Kier alpha value is -1.65. The zero-order valence-corrected chi connectivity index (χ0v) is 8.65. The average molecular weight is 210 g/mol. The maximum atomic E-state index is 8.12. The van der Waals surface area contributed by atoms with Crippen molar-refractivity contribution in [1.29, 1.82) is 0 Å². The van der Waals surface area contributed by atoms with Gasteiger partial charge in [-0.15, -0.1) is 0 Å². The van der Waals surface area contributed by atoms with E-state index in [1.807, 2.05) is 13.8 Å². The number of rotatable bonds is 3. The normalized spacial score (nSPS) is 16.5. The molecule has 80 valence electrons. The molecule has 0 bridgehead atoms. The lowest BCUT2D eigenvalue weighted by molar-refractivity contribution is 0.796. The molecule has 5 nitrogen and oxygen atoms in total. The van der Waals surface area contributed by atoms with E-state index >= 15 is 0 Å². The third-order valence-corrected chi connectivity index (χ3v) is 2.19. The Morgan fingerprint density at radius 1 is 1.53 bits per heavy atom. The molecule has 2 heterocycles. The van der Waals surface area contributed by atoms with Gasteiger partial charge in [0, 0.05) is 28.9 Å². The Bertz CT molecular complexity index is 631. The maximum absolute atomic E-state index is 8.12. The highest BCUT2D eigenvalue weighted by molar-refractivity contribution is 5.46. The summed E-state index contributed by atoms with van der Waals surface area (Å²) in [5.74, 6) is 0.330. The molecule has 0 aliphatic carbocycles. The number of hydrogen-bond donors (Lipinski definition) is 0. The lowest BCUT2D eigenvalue weighted by atomic mass is 10.4. The van der Waals surface area contributed by atoms with E-state index < -0.39 is 6.85 Å². The molecule has 2 rings (SSSR count). The van der Waals surface area contributed by atoms with E-state index in [4.69, 9.17) is 6.85 Å². The van der Waals surface area contributed by atoms with Crippen LogP contribution in [-0.2, 0) is 0 Å². The number of hydrogen-bond acceptors (Lipinski definition) is 4. The third-order valence-electron chi connectivity index (χ3n) is 2.19. The van der Waals surface area contributed by atoms with Gasteiger partial charge in [0.15, 0.2) is 0 Å². The van der Waals surface area contributed by atoms with Crippen molar-refractivity contribution < 1.29 is 6.85 Å². The second-order valence-electron chi connectivity index (χ2n) is 3.00. The highest BCUT2D eigenvalue weighted by Crippen LogP contribution is 2.14. The molecule has 0 atom stereocenters. The van der Waals surface area contributed by atoms with Crippen LogP contribution < -0.4 is 4.90 Å². The number of aromatic nitrogens is 4. The van der Waals surface area contributed by atoms with Crippen LogP contribution in [0.15, 0.2) is 12.3 Å². The van der Waals surface area contributed by atoms with Gasteiger partial charge in [-0.05, 0) is 20.7 Å². The van der Waals surface area contributed by atoms with Gasteiger partial charge >= 0.3 is 0 Å². The molecule has 0 saturated heterocycles. The van der Waals surface area contributed by atoms with Crippen molar-refractivity contribution in [2.75, 3.05) is 18.0 Å². The summed E-state index contributed by atoms with van der Waals surface area (Å²) in [7, 11) is 0. The molecule has 15 heavy (non-hydrogen) atoms. The van der Waals surface area contributed by atoms with Crippen LogP contribution in [0, 0.1) is 6.85 Å². The number of nitrogens with zero attached hydrogens (tertiary/aromatic N) is 5. The Kier molecular flexibility index (Phi) is 1.39. The van der Waals surface area contributed by atoms with Crippen molar-refractivity contribution in [3.63, 3.8) is 0 Å². The quantitative estimate of drug-likeness (QED) is 0.765. The predicted octanol–water partition coefficient (Wildman–Crippen LogP) is 1.28. The molecular weight excluding hydrogens is 190 g/mol. The van der Waals surface area contributed by atoms with Crippen molar-refractivity contribution >= 4 is 11.6 Å². The van der Waals surface area contributed by atoms with Gasteiger partial charge in [0.25, 0.3) is 5.78 Å². The van der Waals surface area contributed by atoms with Gasteiger partial charge < -0.3 is 4.90 Å². The minimum absolute atomic E-state index is 0.0269. The summed E-state index contributed by atoms with van der Waals surface area (Å²) in [6.45, 7) is 2.44. The van der Waals surface area contributed by atoms with Crippen molar-refractivity contribution in [3.05, 3.63) is 18.0 Å². The fourth-order valence-corrected chi connectivity index (χ4v) is 1.44. The minimum Gasteiger partial charge on any atom is -0.357 e. The van der Waals surface area contributed by atoms with Crippen LogP contribution in [0.4, 0.5) is 5.82 Å². The first-order valence-corrected chi connectivity index (χ1v) is 4.79. The lowest BCUT2D eigenvalue weighted by Crippen LogP contribution is -2.25. The monoisotopic (exact) mass is 210 g/mol. The molecule has 2 aromatic rings. The van der Waals surface area contributed by atoms with E-state index in [9.17, 15) is 0 Å². The summed E-state index contributed by atoms with van der Waals surface area (Å²) in [6, 6.07) is -0.203. The lowest BCUT2D eigenvalue weighted by Gasteiger charge is -2.21. The zero-order valence-electron chi connectivity index (χ0n) is 13.7. The Balaban J connectivity index is 2.83. The first kappa shape index (κ1) is 5.44. The molecule has 0 aliphatic heterocycles. The van der Waals surface area contributed by atoms with Gasteiger partial charge in [-0.3, -0.25) is 0 Å². The molecule has 5 heteroatoms. The second-order valence-corrected chi connectivity index (χ2v) is 3.00. The summed E-state index contributed by atoms with van der Waals surface area (Å²) in [4.78, 5) is 9.45. The first-order valence-electron chi connectivity index (χ1n) is 7.29. The molecule has 0 radical (unpaired) electrons. The van der Waals surface area contributed by atoms with Crippen molar-refractivity contribution in [2.24, 2.45) is 0 Å². The molecule has 0 N–H and O–H groups in total. The second kappa shape index (κ2) is 3.84. The molecule has 0 aliphatic rings. The van der Waals surface area contributed by atoms with Crippen LogP contribution in [0.5, 0.6) is 0 Å². The van der Waals surface area contributed by atoms with E-state index in [1.165, 1.54) is 4.52 Å². The highest BCUT2D eigenvalue weighted by Gasteiger charge is 2.09. The average Bonchev–Trinajstić information content (AvgIpc) is 2.71. The van der Waals surface area contributed by atoms with Crippen LogP contribution in [0.25, 0.3) is 5.78 Å². The summed E-state index contributed by atoms with van der Waals surface area (Å²) in [5, 5.41) is 3.88. The third kappa shape index (κ3) is 1.65. The molecule has 0 amide bonds. The summed E-state index contributed by atoms with van der Waals surface area (Å²) < 4.78 is 39.3. The van der Waals surface area contributed by atoms with E-state index in [2.05, 4.69) is 15.1 Å².